The number of carbonyl (C=O) groups is 2. The number of tetrazole rings is 1. The summed E-state index contributed by atoms with van der Waals surface area (Å²) in [6.07, 6.45) is -4.46. The topological polar surface area (TPSA) is 99.0 Å². The van der Waals surface area contributed by atoms with Crippen molar-refractivity contribution in [3.05, 3.63) is 46.7 Å². The molecule has 2 heterocycles. The highest BCUT2D eigenvalue weighted by atomic mass is 32.1. The smallest absolute Gasteiger partial charge is 0.416 e. The molecule has 0 radical (unpaired) electrons. The number of benzene rings is 1. The fourth-order valence-electron chi connectivity index (χ4n) is 2.06. The van der Waals surface area contributed by atoms with Crippen LogP contribution in [0.2, 0.25) is 0 Å². The standard InChI is InChI=1S/C16H12F3N5O3S/c17-16(18,19)11-1-3-12(4-2-11)20-13(25)8-27-14(26)7-24-22-15(21-23-24)10-5-6-28-9-10/h1-6,9H,7-8H2,(H,20,25). The van der Waals surface area contributed by atoms with Crippen LogP contribution in [0, 0.1) is 0 Å². The van der Waals surface area contributed by atoms with E-state index in [0.29, 0.717) is 5.82 Å². The van der Waals surface area contributed by atoms with Crippen LogP contribution < -0.4 is 5.32 Å². The predicted molar refractivity (Wildman–Crippen MR) is 92.2 cm³/mol. The Balaban J connectivity index is 1.46. The summed E-state index contributed by atoms with van der Waals surface area (Å²) < 4.78 is 42.3. The molecule has 0 saturated carbocycles. The summed E-state index contributed by atoms with van der Waals surface area (Å²) in [6, 6.07) is 5.68. The van der Waals surface area contributed by atoms with Crippen LogP contribution in [0.4, 0.5) is 18.9 Å². The third-order valence-corrected chi connectivity index (χ3v) is 4.05. The summed E-state index contributed by atoms with van der Waals surface area (Å²) in [4.78, 5) is 24.5. The number of carbonyl (C=O) groups excluding carboxylic acids is 2. The minimum Gasteiger partial charge on any atom is -0.454 e. The first-order chi connectivity index (χ1) is 13.3. The molecule has 0 aliphatic carbocycles. The van der Waals surface area contributed by atoms with E-state index in [4.69, 9.17) is 4.74 Å². The lowest BCUT2D eigenvalue weighted by Crippen LogP contribution is -2.23. The van der Waals surface area contributed by atoms with Crippen LogP contribution in [-0.4, -0.2) is 38.7 Å². The van der Waals surface area contributed by atoms with Gasteiger partial charge < -0.3 is 10.1 Å². The highest BCUT2D eigenvalue weighted by Crippen LogP contribution is 2.29. The maximum Gasteiger partial charge on any atom is 0.416 e. The lowest BCUT2D eigenvalue weighted by atomic mass is 10.2. The maximum absolute atomic E-state index is 12.5. The Morgan fingerprint density at radius 2 is 1.93 bits per heavy atom. The number of halogens is 3. The van der Waals surface area contributed by atoms with Gasteiger partial charge in [-0.25, -0.2) is 4.79 Å². The number of amides is 1. The number of alkyl halides is 3. The van der Waals surface area contributed by atoms with Crippen LogP contribution in [0.1, 0.15) is 5.56 Å². The first kappa shape index (κ1) is 19.5. The molecule has 146 valence electrons. The van der Waals surface area contributed by atoms with Crippen molar-refractivity contribution < 1.29 is 27.5 Å². The van der Waals surface area contributed by atoms with Crippen LogP contribution >= 0.6 is 11.3 Å². The average Bonchev–Trinajstić information content (AvgIpc) is 3.31. The molecule has 3 aromatic rings. The van der Waals surface area contributed by atoms with Gasteiger partial charge in [0.15, 0.2) is 13.2 Å². The van der Waals surface area contributed by atoms with Crippen LogP contribution in [0.15, 0.2) is 41.1 Å². The minimum atomic E-state index is -4.46. The zero-order chi connectivity index (χ0) is 20.1. The summed E-state index contributed by atoms with van der Waals surface area (Å²) in [5.41, 5.74) is 0.0759. The summed E-state index contributed by atoms with van der Waals surface area (Å²) in [5.74, 6) is -1.11. The first-order valence-electron chi connectivity index (χ1n) is 7.74. The van der Waals surface area contributed by atoms with Gasteiger partial charge >= 0.3 is 12.1 Å². The molecule has 1 N–H and O–H groups in total. The second-order valence-corrected chi connectivity index (χ2v) is 6.22. The van der Waals surface area contributed by atoms with Crippen molar-refractivity contribution in [3.8, 4) is 11.4 Å². The number of hydrogen-bond acceptors (Lipinski definition) is 7. The third-order valence-electron chi connectivity index (χ3n) is 3.36. The van der Waals surface area contributed by atoms with Crippen molar-refractivity contribution in [1.82, 2.24) is 20.2 Å². The Morgan fingerprint density at radius 3 is 2.57 bits per heavy atom. The Bertz CT molecular complexity index is 955. The van der Waals surface area contributed by atoms with E-state index in [1.807, 2.05) is 10.8 Å². The average molecular weight is 411 g/mol. The number of aromatic nitrogens is 4. The number of ether oxygens (including phenoxy) is 1. The van der Waals surface area contributed by atoms with Gasteiger partial charge in [-0.15, -0.1) is 10.2 Å². The summed E-state index contributed by atoms with van der Waals surface area (Å²) in [7, 11) is 0. The Morgan fingerprint density at radius 1 is 1.18 bits per heavy atom. The van der Waals surface area contributed by atoms with Crippen molar-refractivity contribution in [3.63, 3.8) is 0 Å². The first-order valence-corrected chi connectivity index (χ1v) is 8.68. The number of rotatable bonds is 6. The fraction of sp³-hybridized carbons (Fsp3) is 0.188. The Kier molecular flexibility index (Phi) is 5.68. The molecule has 0 unspecified atom stereocenters. The molecule has 1 amide bonds. The van der Waals surface area contributed by atoms with E-state index in [2.05, 4.69) is 20.7 Å². The number of thiophene rings is 1. The molecule has 2 aromatic heterocycles. The molecule has 0 aliphatic rings. The van der Waals surface area contributed by atoms with E-state index >= 15 is 0 Å². The largest absolute Gasteiger partial charge is 0.454 e. The van der Waals surface area contributed by atoms with E-state index in [1.54, 1.807) is 6.07 Å². The molecule has 0 aliphatic heterocycles. The molecule has 1 aromatic carbocycles. The molecular formula is C16H12F3N5O3S. The molecule has 0 spiro atoms. The summed E-state index contributed by atoms with van der Waals surface area (Å²) >= 11 is 1.46. The fourth-order valence-corrected chi connectivity index (χ4v) is 2.70. The Labute approximate surface area is 159 Å². The minimum absolute atomic E-state index is 0.146. The van der Waals surface area contributed by atoms with Gasteiger partial charge in [-0.3, -0.25) is 4.79 Å². The van der Waals surface area contributed by atoms with Crippen LogP contribution in [0.5, 0.6) is 0 Å². The van der Waals surface area contributed by atoms with E-state index in [0.717, 1.165) is 34.6 Å². The summed E-state index contributed by atoms with van der Waals surface area (Å²) in [6.45, 7) is -0.948. The van der Waals surface area contributed by atoms with Crippen molar-refractivity contribution in [2.75, 3.05) is 11.9 Å². The molecule has 0 saturated heterocycles. The number of anilines is 1. The monoisotopic (exact) mass is 411 g/mol. The SMILES string of the molecule is O=C(COC(=O)Cn1nnc(-c2ccsc2)n1)Nc1ccc(C(F)(F)F)cc1. The third kappa shape index (κ3) is 5.13. The van der Waals surface area contributed by atoms with E-state index in [1.165, 1.54) is 11.3 Å². The molecule has 12 heteroatoms. The number of esters is 1. The van der Waals surface area contributed by atoms with Crippen LogP contribution in [0.3, 0.4) is 0 Å². The molecule has 0 bridgehead atoms. The molecule has 8 nitrogen and oxygen atoms in total. The number of nitrogens with zero attached hydrogens (tertiary/aromatic N) is 4. The van der Waals surface area contributed by atoms with Gasteiger partial charge in [0.25, 0.3) is 5.91 Å². The van der Waals surface area contributed by atoms with Gasteiger partial charge in [0, 0.05) is 16.6 Å². The van der Waals surface area contributed by atoms with E-state index < -0.39 is 30.2 Å². The number of hydrogen-bond donors (Lipinski definition) is 1. The lowest BCUT2D eigenvalue weighted by Gasteiger charge is -2.09. The highest BCUT2D eigenvalue weighted by Gasteiger charge is 2.30. The second-order valence-electron chi connectivity index (χ2n) is 5.44. The molecule has 0 fully saturated rings. The van der Waals surface area contributed by atoms with Gasteiger partial charge in [-0.05, 0) is 40.9 Å². The zero-order valence-electron chi connectivity index (χ0n) is 14.0. The van der Waals surface area contributed by atoms with Crippen molar-refractivity contribution in [2.45, 2.75) is 12.7 Å². The van der Waals surface area contributed by atoms with Gasteiger partial charge in [0.05, 0.1) is 5.56 Å². The van der Waals surface area contributed by atoms with Crippen molar-refractivity contribution in [2.24, 2.45) is 0 Å². The van der Waals surface area contributed by atoms with E-state index in [-0.39, 0.29) is 12.2 Å². The molecule has 0 atom stereocenters. The second kappa shape index (κ2) is 8.17. The zero-order valence-corrected chi connectivity index (χ0v) is 14.8. The Hall–Kier alpha value is -3.28. The van der Waals surface area contributed by atoms with Crippen molar-refractivity contribution >= 4 is 28.9 Å². The number of nitrogens with one attached hydrogen (secondary N) is 1. The molecular weight excluding hydrogens is 399 g/mol. The highest BCUT2D eigenvalue weighted by molar-refractivity contribution is 7.08. The van der Waals surface area contributed by atoms with Crippen molar-refractivity contribution in [1.29, 1.82) is 0 Å². The predicted octanol–water partition coefficient (Wildman–Crippen LogP) is 2.60. The maximum atomic E-state index is 12.5. The summed E-state index contributed by atoms with van der Waals surface area (Å²) in [5, 5.41) is 17.6. The normalized spacial score (nSPS) is 11.2. The van der Waals surface area contributed by atoms with Gasteiger partial charge in [-0.1, -0.05) is 0 Å². The molecule has 3 rings (SSSR count). The lowest BCUT2D eigenvalue weighted by molar-refractivity contribution is -0.148. The van der Waals surface area contributed by atoms with Crippen LogP contribution in [-0.2, 0) is 27.0 Å². The van der Waals surface area contributed by atoms with E-state index in [9.17, 15) is 22.8 Å². The van der Waals surface area contributed by atoms with Crippen LogP contribution in [0.25, 0.3) is 11.4 Å². The van der Waals surface area contributed by atoms with Gasteiger partial charge in [0.1, 0.15) is 0 Å². The van der Waals surface area contributed by atoms with Gasteiger partial charge in [0.2, 0.25) is 5.82 Å². The quantitative estimate of drug-likeness (QED) is 0.626. The van der Waals surface area contributed by atoms with Gasteiger partial charge in [-0.2, -0.15) is 29.3 Å². The molecule has 28 heavy (non-hydrogen) atoms.